The molecule has 4 rings (SSSR count). The Kier molecular flexibility index (Phi) is 5.79. The maximum atomic E-state index is 13.9. The molecule has 0 saturated heterocycles. The largest absolute Gasteiger partial charge is 0.466 e. The number of pyridine rings is 1. The molecule has 2 aromatic carbocycles. The number of nitrogens with zero attached hydrogens (tertiary/aromatic N) is 1. The molecule has 1 aliphatic rings. The smallest absolute Gasteiger partial charge is 0.310 e. The second-order valence-corrected chi connectivity index (χ2v) is 7.65. The van der Waals surface area contributed by atoms with Gasteiger partial charge in [0, 0.05) is 22.6 Å². The third-order valence-electron chi connectivity index (χ3n) is 5.27. The number of fused-ring (bicyclic) bond motifs is 1. The Bertz CT molecular complexity index is 1060. The Morgan fingerprint density at radius 2 is 1.93 bits per heavy atom. The third-order valence-corrected chi connectivity index (χ3v) is 5.27. The first kappa shape index (κ1) is 20.1. The van der Waals surface area contributed by atoms with Crippen molar-refractivity contribution < 1.29 is 13.9 Å². The first-order chi connectivity index (χ1) is 14.5. The van der Waals surface area contributed by atoms with Gasteiger partial charge >= 0.3 is 5.97 Å². The van der Waals surface area contributed by atoms with Crippen molar-refractivity contribution in [1.82, 2.24) is 4.98 Å². The van der Waals surface area contributed by atoms with Gasteiger partial charge in [-0.3, -0.25) is 9.78 Å². The molecule has 0 unspecified atom stereocenters. The molecule has 0 saturated carbocycles. The van der Waals surface area contributed by atoms with E-state index in [0.717, 1.165) is 58.7 Å². The predicted molar refractivity (Wildman–Crippen MR) is 116 cm³/mol. The topological polar surface area (TPSA) is 51.2 Å². The molecule has 5 heteroatoms. The molecular weight excluding hydrogens is 379 g/mol. The van der Waals surface area contributed by atoms with E-state index < -0.39 is 0 Å². The molecule has 3 aromatic rings. The maximum Gasteiger partial charge on any atom is 0.310 e. The second-order valence-electron chi connectivity index (χ2n) is 7.65. The van der Waals surface area contributed by atoms with E-state index >= 15 is 0 Å². The minimum absolute atomic E-state index is 0.222. The lowest BCUT2D eigenvalue weighted by Crippen LogP contribution is -2.07. The van der Waals surface area contributed by atoms with Crippen LogP contribution < -0.4 is 5.32 Å². The van der Waals surface area contributed by atoms with Crippen LogP contribution in [0.3, 0.4) is 0 Å². The average molecular weight is 404 g/mol. The summed E-state index contributed by atoms with van der Waals surface area (Å²) in [5.41, 5.74) is 7.60. The van der Waals surface area contributed by atoms with E-state index in [1.54, 1.807) is 6.92 Å². The van der Waals surface area contributed by atoms with Crippen molar-refractivity contribution in [3.8, 4) is 11.3 Å². The number of halogens is 1. The van der Waals surface area contributed by atoms with Gasteiger partial charge < -0.3 is 10.1 Å². The number of rotatable bonds is 6. The lowest BCUT2D eigenvalue weighted by molar-refractivity contribution is -0.142. The number of anilines is 2. The van der Waals surface area contributed by atoms with Gasteiger partial charge in [-0.25, -0.2) is 4.39 Å². The fraction of sp³-hybridized carbons (Fsp3) is 0.280. The molecule has 0 bridgehead atoms. The molecule has 0 aliphatic heterocycles. The quantitative estimate of drug-likeness (QED) is 0.549. The molecule has 1 heterocycles. The van der Waals surface area contributed by atoms with E-state index in [9.17, 15) is 9.18 Å². The number of benzene rings is 2. The van der Waals surface area contributed by atoms with Crippen LogP contribution in [-0.2, 0) is 28.8 Å². The molecule has 1 aromatic heterocycles. The van der Waals surface area contributed by atoms with E-state index in [-0.39, 0.29) is 18.2 Å². The fourth-order valence-electron chi connectivity index (χ4n) is 3.93. The van der Waals surface area contributed by atoms with E-state index in [0.29, 0.717) is 6.61 Å². The Morgan fingerprint density at radius 3 is 2.67 bits per heavy atom. The summed E-state index contributed by atoms with van der Waals surface area (Å²) in [5, 5.41) is 3.50. The van der Waals surface area contributed by atoms with Crippen LogP contribution in [0.4, 0.5) is 15.8 Å². The molecule has 154 valence electrons. The van der Waals surface area contributed by atoms with Crippen molar-refractivity contribution in [3.63, 3.8) is 0 Å². The van der Waals surface area contributed by atoms with Crippen LogP contribution in [-0.4, -0.2) is 17.6 Å². The van der Waals surface area contributed by atoms with Gasteiger partial charge in [-0.15, -0.1) is 0 Å². The molecule has 0 radical (unpaired) electrons. The van der Waals surface area contributed by atoms with Crippen LogP contribution in [0.1, 0.15) is 35.7 Å². The number of ether oxygens (including phenoxy) is 1. The molecule has 4 nitrogen and oxygen atoms in total. The molecule has 30 heavy (non-hydrogen) atoms. The van der Waals surface area contributed by atoms with Gasteiger partial charge in [-0.2, -0.15) is 0 Å². The summed E-state index contributed by atoms with van der Waals surface area (Å²) >= 11 is 0. The zero-order valence-corrected chi connectivity index (χ0v) is 17.3. The van der Waals surface area contributed by atoms with Crippen LogP contribution in [0.5, 0.6) is 0 Å². The standard InChI is InChI=1S/C25H25FN2O2/c1-3-30-25(29)13-17-7-9-20(10-8-17)27-24-15-23(28-22-6-4-5-21(22)24)18-11-16(2)12-19(26)14-18/h7-12,14-15H,3-6,13H2,1-2H3,(H,27,28). The average Bonchev–Trinajstić information content (AvgIpc) is 3.18. The molecule has 0 fully saturated rings. The highest BCUT2D eigenvalue weighted by Gasteiger charge is 2.19. The van der Waals surface area contributed by atoms with Crippen molar-refractivity contribution in [3.05, 3.63) is 76.7 Å². The highest BCUT2D eigenvalue weighted by Crippen LogP contribution is 2.34. The lowest BCUT2D eigenvalue weighted by Gasteiger charge is -2.14. The highest BCUT2D eigenvalue weighted by molar-refractivity contribution is 5.74. The van der Waals surface area contributed by atoms with E-state index in [1.807, 2.05) is 43.3 Å². The fourth-order valence-corrected chi connectivity index (χ4v) is 3.93. The Hall–Kier alpha value is -3.21. The molecule has 1 N–H and O–H groups in total. The zero-order valence-electron chi connectivity index (χ0n) is 17.3. The number of aryl methyl sites for hydroxylation is 2. The van der Waals surface area contributed by atoms with Gasteiger partial charge in [-0.05, 0) is 86.2 Å². The van der Waals surface area contributed by atoms with Gasteiger partial charge in [0.05, 0.1) is 18.7 Å². The second kappa shape index (κ2) is 8.66. The summed E-state index contributed by atoms with van der Waals surface area (Å²) in [6.45, 7) is 4.08. The van der Waals surface area contributed by atoms with Crippen LogP contribution in [0.2, 0.25) is 0 Å². The summed E-state index contributed by atoms with van der Waals surface area (Å²) in [7, 11) is 0. The number of esters is 1. The van der Waals surface area contributed by atoms with Gasteiger partial charge in [0.1, 0.15) is 5.82 Å². The van der Waals surface area contributed by atoms with Gasteiger partial charge in [0.15, 0.2) is 0 Å². The normalized spacial score (nSPS) is 12.5. The van der Waals surface area contributed by atoms with Gasteiger partial charge in [-0.1, -0.05) is 12.1 Å². The van der Waals surface area contributed by atoms with Crippen LogP contribution in [0.15, 0.2) is 48.5 Å². The van der Waals surface area contributed by atoms with Crippen molar-refractivity contribution in [1.29, 1.82) is 0 Å². The monoisotopic (exact) mass is 404 g/mol. The van der Waals surface area contributed by atoms with Crippen molar-refractivity contribution >= 4 is 17.3 Å². The lowest BCUT2D eigenvalue weighted by atomic mass is 10.0. The number of carbonyl (C=O) groups is 1. The van der Waals surface area contributed by atoms with Crippen LogP contribution in [0.25, 0.3) is 11.3 Å². The predicted octanol–water partition coefficient (Wildman–Crippen LogP) is 5.53. The van der Waals surface area contributed by atoms with Gasteiger partial charge in [0.25, 0.3) is 0 Å². The first-order valence-corrected chi connectivity index (χ1v) is 10.3. The van der Waals surface area contributed by atoms with Crippen molar-refractivity contribution in [2.24, 2.45) is 0 Å². The summed E-state index contributed by atoms with van der Waals surface area (Å²) in [6, 6.07) is 14.8. The van der Waals surface area contributed by atoms with Gasteiger partial charge in [0.2, 0.25) is 0 Å². The minimum atomic E-state index is -0.251. The van der Waals surface area contributed by atoms with Crippen LogP contribution >= 0.6 is 0 Å². The van der Waals surface area contributed by atoms with E-state index in [2.05, 4.69) is 5.32 Å². The summed E-state index contributed by atoms with van der Waals surface area (Å²) < 4.78 is 18.9. The highest BCUT2D eigenvalue weighted by atomic mass is 19.1. The zero-order chi connectivity index (χ0) is 21.1. The number of aromatic nitrogens is 1. The van der Waals surface area contributed by atoms with Crippen LogP contribution in [0, 0.1) is 12.7 Å². The van der Waals surface area contributed by atoms with E-state index in [4.69, 9.17) is 9.72 Å². The number of hydrogen-bond donors (Lipinski definition) is 1. The maximum absolute atomic E-state index is 13.9. The Balaban J connectivity index is 1.61. The third kappa shape index (κ3) is 4.51. The number of carbonyl (C=O) groups excluding carboxylic acids is 1. The van der Waals surface area contributed by atoms with Crippen molar-refractivity contribution in [2.45, 2.75) is 39.5 Å². The molecule has 0 amide bonds. The first-order valence-electron chi connectivity index (χ1n) is 10.3. The number of nitrogens with one attached hydrogen (secondary N) is 1. The molecule has 1 aliphatic carbocycles. The molecular formula is C25H25FN2O2. The Labute approximate surface area is 176 Å². The SMILES string of the molecule is CCOC(=O)Cc1ccc(Nc2cc(-c3cc(C)cc(F)c3)nc3c2CCC3)cc1. The minimum Gasteiger partial charge on any atom is -0.466 e. The summed E-state index contributed by atoms with van der Waals surface area (Å²) in [5.74, 6) is -0.473. The summed E-state index contributed by atoms with van der Waals surface area (Å²) in [6.07, 6.45) is 3.25. The summed E-state index contributed by atoms with van der Waals surface area (Å²) in [4.78, 5) is 16.5. The molecule has 0 spiro atoms. The van der Waals surface area contributed by atoms with E-state index in [1.165, 1.54) is 17.7 Å². The molecule has 0 atom stereocenters. The number of hydrogen-bond acceptors (Lipinski definition) is 4. The Morgan fingerprint density at radius 1 is 1.13 bits per heavy atom. The van der Waals surface area contributed by atoms with Crippen molar-refractivity contribution in [2.75, 3.05) is 11.9 Å².